The lowest BCUT2D eigenvalue weighted by molar-refractivity contribution is 0.577. The van der Waals surface area contributed by atoms with Crippen molar-refractivity contribution in [1.82, 2.24) is 15.3 Å². The molecule has 0 aliphatic heterocycles. The molecule has 0 bridgehead atoms. The Morgan fingerprint density at radius 1 is 1.21 bits per heavy atom. The van der Waals surface area contributed by atoms with Crippen molar-refractivity contribution in [2.75, 3.05) is 0 Å². The maximum absolute atomic E-state index is 4.52. The average molecular weight is 193 g/mol. The van der Waals surface area contributed by atoms with Crippen LogP contribution < -0.4 is 5.32 Å². The lowest BCUT2D eigenvalue weighted by Crippen LogP contribution is -2.22. The van der Waals surface area contributed by atoms with Crippen LogP contribution in [0.15, 0.2) is 12.4 Å². The van der Waals surface area contributed by atoms with Gasteiger partial charge in [-0.1, -0.05) is 27.7 Å². The van der Waals surface area contributed by atoms with E-state index in [0.29, 0.717) is 12.0 Å². The van der Waals surface area contributed by atoms with Gasteiger partial charge in [0.25, 0.3) is 0 Å². The van der Waals surface area contributed by atoms with Gasteiger partial charge in [0.15, 0.2) is 0 Å². The van der Waals surface area contributed by atoms with Crippen molar-refractivity contribution < 1.29 is 0 Å². The lowest BCUT2D eigenvalue weighted by atomic mass is 10.1. The molecule has 1 N–H and O–H groups in total. The Kier molecular flexibility index (Phi) is 4.01. The molecule has 0 aliphatic rings. The molecule has 1 aromatic rings. The summed E-state index contributed by atoms with van der Waals surface area (Å²) in [7, 11) is 0. The maximum Gasteiger partial charge on any atom is 0.0728 e. The standard InChI is InChI=1S/C11H19N3/c1-8(2)11-7-12-5-10(14-11)6-13-9(3)4/h5,7-9,13H,6H2,1-4H3. The van der Waals surface area contributed by atoms with Gasteiger partial charge in [0.1, 0.15) is 0 Å². The van der Waals surface area contributed by atoms with E-state index in [0.717, 1.165) is 17.9 Å². The lowest BCUT2D eigenvalue weighted by Gasteiger charge is -2.09. The summed E-state index contributed by atoms with van der Waals surface area (Å²) in [4.78, 5) is 8.70. The molecule has 78 valence electrons. The molecular weight excluding hydrogens is 174 g/mol. The van der Waals surface area contributed by atoms with Crippen molar-refractivity contribution in [2.45, 2.75) is 46.2 Å². The highest BCUT2D eigenvalue weighted by Crippen LogP contribution is 2.09. The van der Waals surface area contributed by atoms with Crippen LogP contribution in [0.2, 0.25) is 0 Å². The number of hydrogen-bond acceptors (Lipinski definition) is 3. The average Bonchev–Trinajstić information content (AvgIpc) is 2.15. The van der Waals surface area contributed by atoms with Gasteiger partial charge in [0, 0.05) is 25.0 Å². The van der Waals surface area contributed by atoms with E-state index < -0.39 is 0 Å². The molecule has 0 amide bonds. The summed E-state index contributed by atoms with van der Waals surface area (Å²) in [6, 6.07) is 0.486. The van der Waals surface area contributed by atoms with Crippen LogP contribution in [0.3, 0.4) is 0 Å². The van der Waals surface area contributed by atoms with Crippen molar-refractivity contribution in [2.24, 2.45) is 0 Å². The Bertz CT molecular complexity index is 282. The molecule has 0 aromatic carbocycles. The van der Waals surface area contributed by atoms with Crippen LogP contribution in [-0.4, -0.2) is 16.0 Å². The Balaban J connectivity index is 2.64. The second-order valence-corrected chi connectivity index (χ2v) is 4.13. The Labute approximate surface area is 86.0 Å². The zero-order valence-corrected chi connectivity index (χ0v) is 9.41. The fourth-order valence-corrected chi connectivity index (χ4v) is 1.10. The molecule has 0 aliphatic carbocycles. The molecule has 0 unspecified atom stereocenters. The van der Waals surface area contributed by atoms with Crippen LogP contribution in [0, 0.1) is 0 Å². The van der Waals surface area contributed by atoms with Crippen LogP contribution in [0.1, 0.15) is 45.0 Å². The van der Waals surface area contributed by atoms with Gasteiger partial charge >= 0.3 is 0 Å². The molecule has 1 heterocycles. The third-order valence-electron chi connectivity index (χ3n) is 1.99. The molecule has 0 fully saturated rings. The zero-order chi connectivity index (χ0) is 10.6. The normalized spacial score (nSPS) is 11.3. The van der Waals surface area contributed by atoms with Crippen LogP contribution >= 0.6 is 0 Å². The Morgan fingerprint density at radius 2 is 1.93 bits per heavy atom. The van der Waals surface area contributed by atoms with Gasteiger partial charge in [-0.3, -0.25) is 9.97 Å². The highest BCUT2D eigenvalue weighted by atomic mass is 14.9. The van der Waals surface area contributed by atoms with E-state index in [1.807, 2.05) is 12.4 Å². The minimum Gasteiger partial charge on any atom is -0.309 e. The van der Waals surface area contributed by atoms with Crippen LogP contribution in [0.5, 0.6) is 0 Å². The minimum absolute atomic E-state index is 0.446. The first-order valence-electron chi connectivity index (χ1n) is 5.13. The number of nitrogens with one attached hydrogen (secondary N) is 1. The van der Waals surface area contributed by atoms with E-state index in [-0.39, 0.29) is 0 Å². The molecule has 14 heavy (non-hydrogen) atoms. The molecule has 0 saturated carbocycles. The third kappa shape index (κ3) is 3.42. The van der Waals surface area contributed by atoms with E-state index in [4.69, 9.17) is 0 Å². The Morgan fingerprint density at radius 3 is 2.50 bits per heavy atom. The fourth-order valence-electron chi connectivity index (χ4n) is 1.10. The molecule has 3 nitrogen and oxygen atoms in total. The second kappa shape index (κ2) is 5.05. The van der Waals surface area contributed by atoms with Crippen molar-refractivity contribution in [1.29, 1.82) is 0 Å². The van der Waals surface area contributed by atoms with Crippen molar-refractivity contribution in [3.63, 3.8) is 0 Å². The summed E-state index contributed by atoms with van der Waals surface area (Å²) in [5.74, 6) is 0.446. The molecule has 3 heteroatoms. The molecule has 1 aromatic heterocycles. The van der Waals surface area contributed by atoms with E-state index >= 15 is 0 Å². The van der Waals surface area contributed by atoms with E-state index in [2.05, 4.69) is 43.0 Å². The second-order valence-electron chi connectivity index (χ2n) is 4.13. The van der Waals surface area contributed by atoms with E-state index in [1.54, 1.807) is 0 Å². The van der Waals surface area contributed by atoms with Gasteiger partial charge in [0.2, 0.25) is 0 Å². The predicted molar refractivity (Wildman–Crippen MR) is 58.1 cm³/mol. The number of rotatable bonds is 4. The molecule has 0 spiro atoms. The van der Waals surface area contributed by atoms with Crippen molar-refractivity contribution >= 4 is 0 Å². The number of nitrogens with zero attached hydrogens (tertiary/aromatic N) is 2. The fraction of sp³-hybridized carbons (Fsp3) is 0.636. The maximum atomic E-state index is 4.52. The first-order chi connectivity index (χ1) is 6.59. The molecule has 0 atom stereocenters. The van der Waals surface area contributed by atoms with Gasteiger partial charge in [-0.05, 0) is 5.92 Å². The van der Waals surface area contributed by atoms with Crippen molar-refractivity contribution in [3.8, 4) is 0 Å². The van der Waals surface area contributed by atoms with Crippen LogP contribution in [-0.2, 0) is 6.54 Å². The quantitative estimate of drug-likeness (QED) is 0.795. The first kappa shape index (κ1) is 11.1. The smallest absolute Gasteiger partial charge is 0.0728 e. The third-order valence-corrected chi connectivity index (χ3v) is 1.99. The van der Waals surface area contributed by atoms with E-state index in [9.17, 15) is 0 Å². The number of hydrogen-bond donors (Lipinski definition) is 1. The van der Waals surface area contributed by atoms with Crippen LogP contribution in [0.4, 0.5) is 0 Å². The Hall–Kier alpha value is -0.960. The summed E-state index contributed by atoms with van der Waals surface area (Å²) >= 11 is 0. The first-order valence-corrected chi connectivity index (χ1v) is 5.13. The predicted octanol–water partition coefficient (Wildman–Crippen LogP) is 2.10. The summed E-state index contributed by atoms with van der Waals surface area (Å²) in [5.41, 5.74) is 2.08. The molecule has 1 rings (SSSR count). The highest BCUT2D eigenvalue weighted by Gasteiger charge is 2.03. The monoisotopic (exact) mass is 193 g/mol. The van der Waals surface area contributed by atoms with Gasteiger partial charge in [0.05, 0.1) is 11.4 Å². The van der Waals surface area contributed by atoms with Gasteiger partial charge in [-0.15, -0.1) is 0 Å². The molecule has 0 saturated heterocycles. The minimum atomic E-state index is 0.446. The molecule has 0 radical (unpaired) electrons. The SMILES string of the molecule is CC(C)NCc1cncc(C(C)C)n1. The zero-order valence-electron chi connectivity index (χ0n) is 9.41. The van der Waals surface area contributed by atoms with Gasteiger partial charge in [-0.2, -0.15) is 0 Å². The molecular formula is C11H19N3. The highest BCUT2D eigenvalue weighted by molar-refractivity contribution is 5.06. The summed E-state index contributed by atoms with van der Waals surface area (Å²) in [5, 5.41) is 3.33. The van der Waals surface area contributed by atoms with Gasteiger partial charge in [-0.25, -0.2) is 0 Å². The number of aromatic nitrogens is 2. The summed E-state index contributed by atoms with van der Waals surface area (Å²) in [6.45, 7) is 9.30. The topological polar surface area (TPSA) is 37.8 Å². The summed E-state index contributed by atoms with van der Waals surface area (Å²) in [6.07, 6.45) is 3.66. The van der Waals surface area contributed by atoms with Crippen LogP contribution in [0.25, 0.3) is 0 Å². The van der Waals surface area contributed by atoms with Crippen molar-refractivity contribution in [3.05, 3.63) is 23.8 Å². The largest absolute Gasteiger partial charge is 0.309 e. The van der Waals surface area contributed by atoms with Gasteiger partial charge < -0.3 is 5.32 Å². The van der Waals surface area contributed by atoms with E-state index in [1.165, 1.54) is 0 Å². The summed E-state index contributed by atoms with van der Waals surface area (Å²) < 4.78 is 0.